The van der Waals surface area contributed by atoms with Gasteiger partial charge in [0.1, 0.15) is 6.33 Å². The number of carbonyl (C=O) groups is 1. The molecule has 1 unspecified atom stereocenters. The van der Waals surface area contributed by atoms with Crippen molar-refractivity contribution in [2.24, 2.45) is 0 Å². The number of tetrazole rings is 1. The number of hydrogen-bond donors (Lipinski definition) is 2. The molecule has 1 amide bonds. The molecule has 0 radical (unpaired) electrons. The molecule has 134 valence electrons. The summed E-state index contributed by atoms with van der Waals surface area (Å²) in [5.41, 5.74) is 3.75. The van der Waals surface area contributed by atoms with Crippen molar-refractivity contribution in [1.82, 2.24) is 25.5 Å². The Hall–Kier alpha value is -2.93. The van der Waals surface area contributed by atoms with Crippen LogP contribution in [0.1, 0.15) is 24.1 Å². The molecule has 3 rings (SSSR count). The van der Waals surface area contributed by atoms with E-state index < -0.39 is 0 Å². The van der Waals surface area contributed by atoms with Gasteiger partial charge in [-0.05, 0) is 65.7 Å². The summed E-state index contributed by atoms with van der Waals surface area (Å²) >= 11 is 5.89. The van der Waals surface area contributed by atoms with E-state index in [1.54, 1.807) is 11.0 Å². The van der Waals surface area contributed by atoms with Crippen LogP contribution in [0.25, 0.3) is 5.69 Å². The Morgan fingerprint density at radius 3 is 2.65 bits per heavy atom. The van der Waals surface area contributed by atoms with E-state index in [0.717, 1.165) is 22.5 Å². The van der Waals surface area contributed by atoms with Crippen molar-refractivity contribution in [2.75, 3.05) is 11.9 Å². The molecular formula is C18H19ClN6O. The Morgan fingerprint density at radius 1 is 1.23 bits per heavy atom. The fourth-order valence-electron chi connectivity index (χ4n) is 2.60. The lowest BCUT2D eigenvalue weighted by Gasteiger charge is -2.15. The number of anilines is 1. The minimum atomic E-state index is -0.0921. The predicted octanol–water partition coefficient (Wildman–Crippen LogP) is 2.91. The normalized spacial score (nSPS) is 11.8. The average molecular weight is 371 g/mol. The Labute approximate surface area is 156 Å². The number of carbonyl (C=O) groups excluding carboxylic acids is 1. The van der Waals surface area contributed by atoms with Crippen molar-refractivity contribution < 1.29 is 4.79 Å². The number of aromatic nitrogens is 4. The molecule has 1 atom stereocenters. The van der Waals surface area contributed by atoms with E-state index in [1.807, 2.05) is 56.3 Å². The van der Waals surface area contributed by atoms with Crippen LogP contribution >= 0.6 is 11.6 Å². The monoisotopic (exact) mass is 370 g/mol. The van der Waals surface area contributed by atoms with Crippen LogP contribution in [0.2, 0.25) is 5.02 Å². The van der Waals surface area contributed by atoms with Crippen LogP contribution in [-0.4, -0.2) is 32.7 Å². The first-order valence-electron chi connectivity index (χ1n) is 8.15. The summed E-state index contributed by atoms with van der Waals surface area (Å²) in [6, 6.07) is 13.1. The van der Waals surface area contributed by atoms with Gasteiger partial charge in [0.05, 0.1) is 18.3 Å². The molecule has 0 saturated carbocycles. The zero-order chi connectivity index (χ0) is 18.5. The smallest absolute Gasteiger partial charge is 0.239 e. The van der Waals surface area contributed by atoms with Gasteiger partial charge in [-0.25, -0.2) is 4.68 Å². The van der Waals surface area contributed by atoms with E-state index >= 15 is 0 Å². The highest BCUT2D eigenvalue weighted by Crippen LogP contribution is 2.18. The molecule has 1 heterocycles. The zero-order valence-corrected chi connectivity index (χ0v) is 15.2. The van der Waals surface area contributed by atoms with Gasteiger partial charge in [-0.1, -0.05) is 23.7 Å². The molecule has 3 aromatic rings. The first-order chi connectivity index (χ1) is 12.5. The van der Waals surface area contributed by atoms with Crippen LogP contribution in [0.4, 0.5) is 5.69 Å². The second-order valence-corrected chi connectivity index (χ2v) is 6.39. The van der Waals surface area contributed by atoms with E-state index in [-0.39, 0.29) is 18.5 Å². The Kier molecular flexibility index (Phi) is 5.48. The first-order valence-corrected chi connectivity index (χ1v) is 8.53. The fourth-order valence-corrected chi connectivity index (χ4v) is 2.73. The molecule has 0 bridgehead atoms. The van der Waals surface area contributed by atoms with Crippen LogP contribution in [0.5, 0.6) is 0 Å². The topological polar surface area (TPSA) is 84.7 Å². The highest BCUT2D eigenvalue weighted by atomic mass is 35.5. The van der Waals surface area contributed by atoms with Gasteiger partial charge >= 0.3 is 0 Å². The summed E-state index contributed by atoms with van der Waals surface area (Å²) in [5, 5.41) is 17.9. The molecule has 26 heavy (non-hydrogen) atoms. The van der Waals surface area contributed by atoms with E-state index in [1.165, 1.54) is 0 Å². The van der Waals surface area contributed by atoms with E-state index in [0.29, 0.717) is 5.02 Å². The minimum absolute atomic E-state index is 0.0883. The summed E-state index contributed by atoms with van der Waals surface area (Å²) < 4.78 is 1.60. The maximum absolute atomic E-state index is 12.2. The SMILES string of the molecule is Cc1cc(NCC(=O)NC(C)c2ccc(Cl)cc2)ccc1-n1cnnn1. The molecule has 2 N–H and O–H groups in total. The van der Waals surface area contributed by atoms with Gasteiger partial charge < -0.3 is 10.6 Å². The molecule has 7 nitrogen and oxygen atoms in total. The number of benzene rings is 2. The molecule has 8 heteroatoms. The minimum Gasteiger partial charge on any atom is -0.376 e. The Balaban J connectivity index is 1.56. The average Bonchev–Trinajstić information content (AvgIpc) is 3.15. The number of hydrogen-bond acceptors (Lipinski definition) is 5. The molecule has 0 spiro atoms. The second kappa shape index (κ2) is 7.97. The summed E-state index contributed by atoms with van der Waals surface area (Å²) in [5.74, 6) is -0.0883. The van der Waals surface area contributed by atoms with Gasteiger partial charge in [0.2, 0.25) is 5.91 Å². The van der Waals surface area contributed by atoms with Crippen molar-refractivity contribution >= 4 is 23.2 Å². The van der Waals surface area contributed by atoms with Crippen molar-refractivity contribution in [2.45, 2.75) is 19.9 Å². The van der Waals surface area contributed by atoms with Crippen LogP contribution < -0.4 is 10.6 Å². The van der Waals surface area contributed by atoms with Crippen molar-refractivity contribution in [3.05, 3.63) is 64.9 Å². The maximum atomic E-state index is 12.2. The van der Waals surface area contributed by atoms with Gasteiger partial charge in [0.25, 0.3) is 0 Å². The van der Waals surface area contributed by atoms with Gasteiger partial charge in [-0.3, -0.25) is 4.79 Å². The molecule has 1 aromatic heterocycles. The van der Waals surface area contributed by atoms with E-state index in [9.17, 15) is 4.79 Å². The van der Waals surface area contributed by atoms with Crippen LogP contribution in [0, 0.1) is 6.92 Å². The molecule has 0 fully saturated rings. The maximum Gasteiger partial charge on any atom is 0.239 e. The summed E-state index contributed by atoms with van der Waals surface area (Å²) in [4.78, 5) is 12.2. The van der Waals surface area contributed by atoms with Gasteiger partial charge in [0.15, 0.2) is 0 Å². The number of halogens is 1. The standard InChI is InChI=1S/C18H19ClN6O/c1-12-9-16(7-8-17(12)25-11-21-23-24-25)20-10-18(26)22-13(2)14-3-5-15(19)6-4-14/h3-9,11,13,20H,10H2,1-2H3,(H,22,26). The second-order valence-electron chi connectivity index (χ2n) is 5.95. The van der Waals surface area contributed by atoms with Crippen LogP contribution in [0.3, 0.4) is 0 Å². The van der Waals surface area contributed by atoms with Gasteiger partial charge in [0, 0.05) is 10.7 Å². The molecule has 2 aromatic carbocycles. The van der Waals surface area contributed by atoms with E-state index in [4.69, 9.17) is 11.6 Å². The number of amides is 1. The van der Waals surface area contributed by atoms with Crippen molar-refractivity contribution in [3.8, 4) is 5.69 Å². The zero-order valence-electron chi connectivity index (χ0n) is 14.5. The first kappa shape index (κ1) is 17.9. The number of rotatable bonds is 6. The number of nitrogens with zero attached hydrogens (tertiary/aromatic N) is 4. The van der Waals surface area contributed by atoms with Crippen LogP contribution in [0.15, 0.2) is 48.8 Å². The molecule has 0 aliphatic carbocycles. The van der Waals surface area contributed by atoms with E-state index in [2.05, 4.69) is 26.2 Å². The fraction of sp³-hybridized carbons (Fsp3) is 0.222. The third-order valence-corrected chi connectivity index (χ3v) is 4.25. The third-order valence-electron chi connectivity index (χ3n) is 3.99. The Bertz CT molecular complexity index is 879. The highest BCUT2D eigenvalue weighted by Gasteiger charge is 2.10. The number of nitrogens with one attached hydrogen (secondary N) is 2. The molecule has 0 saturated heterocycles. The van der Waals surface area contributed by atoms with Gasteiger partial charge in [-0.15, -0.1) is 5.10 Å². The summed E-state index contributed by atoms with van der Waals surface area (Å²) in [6.45, 7) is 4.08. The summed E-state index contributed by atoms with van der Waals surface area (Å²) in [7, 11) is 0. The number of aryl methyl sites for hydroxylation is 1. The highest BCUT2D eigenvalue weighted by molar-refractivity contribution is 6.30. The Morgan fingerprint density at radius 2 is 2.00 bits per heavy atom. The largest absolute Gasteiger partial charge is 0.376 e. The lowest BCUT2D eigenvalue weighted by Crippen LogP contribution is -2.32. The predicted molar refractivity (Wildman–Crippen MR) is 100 cm³/mol. The quantitative estimate of drug-likeness (QED) is 0.697. The molecular weight excluding hydrogens is 352 g/mol. The lowest BCUT2D eigenvalue weighted by atomic mass is 10.1. The lowest BCUT2D eigenvalue weighted by molar-refractivity contribution is -0.120. The van der Waals surface area contributed by atoms with Crippen LogP contribution in [-0.2, 0) is 4.79 Å². The summed E-state index contributed by atoms with van der Waals surface area (Å²) in [6.07, 6.45) is 1.54. The van der Waals surface area contributed by atoms with Crippen molar-refractivity contribution in [3.63, 3.8) is 0 Å². The molecule has 0 aliphatic heterocycles. The third kappa shape index (κ3) is 4.37. The molecule has 0 aliphatic rings. The van der Waals surface area contributed by atoms with Crippen molar-refractivity contribution in [1.29, 1.82) is 0 Å². The van der Waals surface area contributed by atoms with Gasteiger partial charge in [-0.2, -0.15) is 0 Å².